The van der Waals surface area contributed by atoms with Crippen molar-refractivity contribution in [1.29, 1.82) is 0 Å². The van der Waals surface area contributed by atoms with E-state index in [4.69, 9.17) is 5.73 Å². The quantitative estimate of drug-likeness (QED) is 0.798. The maximum absolute atomic E-state index is 6.19. The zero-order chi connectivity index (χ0) is 12.3. The van der Waals surface area contributed by atoms with Crippen LogP contribution < -0.4 is 5.73 Å². The molecule has 0 aromatic rings. The molecule has 1 rings (SSSR count). The summed E-state index contributed by atoms with van der Waals surface area (Å²) < 4.78 is 0. The van der Waals surface area contributed by atoms with Crippen LogP contribution in [-0.2, 0) is 0 Å². The Morgan fingerprint density at radius 1 is 1.31 bits per heavy atom. The van der Waals surface area contributed by atoms with Crippen molar-refractivity contribution in [2.24, 2.45) is 17.1 Å². The van der Waals surface area contributed by atoms with Crippen LogP contribution in [0, 0.1) is 11.3 Å². The number of hydrogen-bond donors (Lipinski definition) is 1. The van der Waals surface area contributed by atoms with Gasteiger partial charge in [0.2, 0.25) is 0 Å². The van der Waals surface area contributed by atoms with Gasteiger partial charge >= 0.3 is 0 Å². The van der Waals surface area contributed by atoms with E-state index >= 15 is 0 Å². The predicted octanol–water partition coefficient (Wildman–Crippen LogP) is 2.87. The molecule has 1 fully saturated rings. The first-order valence-electron chi connectivity index (χ1n) is 6.77. The van der Waals surface area contributed by atoms with Crippen LogP contribution in [0.2, 0.25) is 0 Å². The lowest BCUT2D eigenvalue weighted by atomic mass is 9.87. The van der Waals surface area contributed by atoms with E-state index in [0.29, 0.717) is 11.5 Å². The molecule has 3 atom stereocenters. The highest BCUT2D eigenvalue weighted by molar-refractivity contribution is 4.81. The lowest BCUT2D eigenvalue weighted by molar-refractivity contribution is 0.240. The van der Waals surface area contributed by atoms with Crippen molar-refractivity contribution in [3.8, 4) is 0 Å². The summed E-state index contributed by atoms with van der Waals surface area (Å²) in [6.07, 6.45) is 3.63. The summed E-state index contributed by atoms with van der Waals surface area (Å²) in [5.41, 5.74) is 6.56. The van der Waals surface area contributed by atoms with Gasteiger partial charge in [0.15, 0.2) is 0 Å². The standard InChI is InChI=1S/C14H30N2/c1-11-8-12(2)16(10-11)7-6-13(15)9-14(3,4)5/h11-13H,6-10,15H2,1-5H3. The van der Waals surface area contributed by atoms with Crippen LogP contribution in [0.4, 0.5) is 0 Å². The number of rotatable bonds is 4. The van der Waals surface area contributed by atoms with Gasteiger partial charge in [-0.15, -0.1) is 0 Å². The summed E-state index contributed by atoms with van der Waals surface area (Å²) in [7, 11) is 0. The van der Waals surface area contributed by atoms with E-state index in [-0.39, 0.29) is 0 Å². The molecule has 0 saturated carbocycles. The van der Waals surface area contributed by atoms with Crippen LogP contribution in [0.3, 0.4) is 0 Å². The molecule has 1 saturated heterocycles. The maximum atomic E-state index is 6.19. The molecule has 0 radical (unpaired) electrons. The largest absolute Gasteiger partial charge is 0.328 e. The molecule has 0 aliphatic carbocycles. The first kappa shape index (κ1) is 14.0. The second-order valence-corrected chi connectivity index (χ2v) is 7.00. The molecular weight excluding hydrogens is 196 g/mol. The molecule has 0 amide bonds. The smallest absolute Gasteiger partial charge is 0.00700 e. The Hall–Kier alpha value is -0.0800. The van der Waals surface area contributed by atoms with Crippen LogP contribution >= 0.6 is 0 Å². The number of nitrogens with two attached hydrogens (primary N) is 1. The topological polar surface area (TPSA) is 29.3 Å². The summed E-state index contributed by atoms with van der Waals surface area (Å²) in [4.78, 5) is 2.60. The maximum Gasteiger partial charge on any atom is 0.00700 e. The van der Waals surface area contributed by atoms with Crippen LogP contribution in [-0.4, -0.2) is 30.1 Å². The van der Waals surface area contributed by atoms with Gasteiger partial charge in [0.25, 0.3) is 0 Å². The van der Waals surface area contributed by atoms with Gasteiger partial charge in [-0.05, 0) is 44.1 Å². The average Bonchev–Trinajstić information content (AvgIpc) is 2.38. The van der Waals surface area contributed by atoms with Crippen molar-refractivity contribution in [1.82, 2.24) is 4.90 Å². The third-order valence-electron chi connectivity index (χ3n) is 3.57. The minimum Gasteiger partial charge on any atom is -0.328 e. The molecule has 96 valence electrons. The SMILES string of the molecule is CC1CC(C)N(CCC(N)CC(C)(C)C)C1. The Balaban J connectivity index is 2.24. The Bertz CT molecular complexity index is 207. The van der Waals surface area contributed by atoms with Gasteiger partial charge in [-0.1, -0.05) is 27.7 Å². The number of likely N-dealkylation sites (tertiary alicyclic amines) is 1. The van der Waals surface area contributed by atoms with Crippen molar-refractivity contribution < 1.29 is 0 Å². The number of nitrogens with zero attached hydrogens (tertiary/aromatic N) is 1. The fraction of sp³-hybridized carbons (Fsp3) is 1.00. The van der Waals surface area contributed by atoms with Gasteiger partial charge < -0.3 is 10.6 Å². The monoisotopic (exact) mass is 226 g/mol. The molecule has 2 heteroatoms. The van der Waals surface area contributed by atoms with E-state index in [2.05, 4.69) is 39.5 Å². The van der Waals surface area contributed by atoms with E-state index in [9.17, 15) is 0 Å². The second-order valence-electron chi connectivity index (χ2n) is 7.00. The van der Waals surface area contributed by atoms with Crippen LogP contribution in [0.5, 0.6) is 0 Å². The Morgan fingerprint density at radius 3 is 2.38 bits per heavy atom. The first-order chi connectivity index (χ1) is 7.28. The fourth-order valence-corrected chi connectivity index (χ4v) is 2.92. The molecule has 1 aliphatic heterocycles. The predicted molar refractivity (Wildman–Crippen MR) is 71.5 cm³/mol. The fourth-order valence-electron chi connectivity index (χ4n) is 2.92. The van der Waals surface area contributed by atoms with E-state index in [0.717, 1.165) is 24.8 Å². The van der Waals surface area contributed by atoms with Crippen molar-refractivity contribution in [3.05, 3.63) is 0 Å². The zero-order valence-corrected chi connectivity index (χ0v) is 11.8. The van der Waals surface area contributed by atoms with Crippen molar-refractivity contribution in [2.45, 2.75) is 66.0 Å². The molecule has 16 heavy (non-hydrogen) atoms. The molecule has 0 spiro atoms. The van der Waals surface area contributed by atoms with Crippen LogP contribution in [0.15, 0.2) is 0 Å². The molecule has 0 aromatic carbocycles. The third-order valence-corrected chi connectivity index (χ3v) is 3.57. The van der Waals surface area contributed by atoms with Crippen LogP contribution in [0.25, 0.3) is 0 Å². The van der Waals surface area contributed by atoms with Gasteiger partial charge in [-0.3, -0.25) is 0 Å². The van der Waals surface area contributed by atoms with Crippen molar-refractivity contribution >= 4 is 0 Å². The molecule has 2 N–H and O–H groups in total. The Kier molecular flexibility index (Phi) is 4.81. The van der Waals surface area contributed by atoms with Gasteiger partial charge in [0.1, 0.15) is 0 Å². The highest BCUT2D eigenvalue weighted by Gasteiger charge is 2.26. The molecule has 2 nitrogen and oxygen atoms in total. The van der Waals surface area contributed by atoms with Gasteiger partial charge in [0.05, 0.1) is 0 Å². The summed E-state index contributed by atoms with van der Waals surface area (Å²) in [6.45, 7) is 14.0. The second kappa shape index (κ2) is 5.50. The third kappa shape index (κ3) is 4.84. The van der Waals surface area contributed by atoms with E-state index in [1.807, 2.05) is 0 Å². The van der Waals surface area contributed by atoms with Crippen molar-refractivity contribution in [2.75, 3.05) is 13.1 Å². The lowest BCUT2D eigenvalue weighted by Crippen LogP contribution is -2.34. The summed E-state index contributed by atoms with van der Waals surface area (Å²) in [5, 5.41) is 0. The van der Waals surface area contributed by atoms with Gasteiger partial charge in [0, 0.05) is 18.6 Å². The van der Waals surface area contributed by atoms with Gasteiger partial charge in [-0.25, -0.2) is 0 Å². The lowest BCUT2D eigenvalue weighted by Gasteiger charge is -2.26. The van der Waals surface area contributed by atoms with Crippen molar-refractivity contribution in [3.63, 3.8) is 0 Å². The molecule has 1 aliphatic rings. The molecular formula is C14H30N2. The average molecular weight is 226 g/mol. The van der Waals surface area contributed by atoms with E-state index in [1.165, 1.54) is 19.5 Å². The zero-order valence-electron chi connectivity index (χ0n) is 11.8. The Labute approximate surface area is 102 Å². The van der Waals surface area contributed by atoms with Gasteiger partial charge in [-0.2, -0.15) is 0 Å². The van der Waals surface area contributed by atoms with E-state index < -0.39 is 0 Å². The minimum atomic E-state index is 0.364. The summed E-state index contributed by atoms with van der Waals surface area (Å²) >= 11 is 0. The minimum absolute atomic E-state index is 0.364. The van der Waals surface area contributed by atoms with Crippen LogP contribution in [0.1, 0.15) is 53.9 Å². The number of hydrogen-bond acceptors (Lipinski definition) is 2. The molecule has 0 bridgehead atoms. The summed E-state index contributed by atoms with van der Waals surface area (Å²) in [5.74, 6) is 0.869. The molecule has 1 heterocycles. The van der Waals surface area contributed by atoms with E-state index in [1.54, 1.807) is 0 Å². The summed E-state index contributed by atoms with van der Waals surface area (Å²) in [6, 6.07) is 1.12. The highest BCUT2D eigenvalue weighted by atomic mass is 15.2. The molecule has 0 aromatic heterocycles. The Morgan fingerprint density at radius 2 is 1.94 bits per heavy atom. The first-order valence-corrected chi connectivity index (χ1v) is 6.77. The normalized spacial score (nSPS) is 29.6. The highest BCUT2D eigenvalue weighted by Crippen LogP contribution is 2.24. The molecule has 3 unspecified atom stereocenters.